The molecule has 1 N–H and O–H groups in total. The summed E-state index contributed by atoms with van der Waals surface area (Å²) in [6.45, 7) is 3.46. The van der Waals surface area contributed by atoms with Crippen molar-refractivity contribution < 1.29 is 4.74 Å². The number of rotatable bonds is 5. The molecule has 1 aliphatic rings. The predicted octanol–water partition coefficient (Wildman–Crippen LogP) is 0.740. The van der Waals surface area contributed by atoms with Crippen molar-refractivity contribution in [2.45, 2.75) is 38.8 Å². The van der Waals surface area contributed by atoms with Gasteiger partial charge in [-0.05, 0) is 12.8 Å². The Labute approximate surface area is 96.2 Å². The van der Waals surface area contributed by atoms with Gasteiger partial charge in [-0.25, -0.2) is 0 Å². The number of nitrogens with zero attached hydrogens (tertiary/aromatic N) is 3. The molecule has 0 saturated heterocycles. The standard InChI is InChI=1S/C11H20N4O/c1-16-8-6-12-9-11-14-13-10-5-3-2-4-7-15(10)11/h12H,2-9H2,1H3. The van der Waals surface area contributed by atoms with Crippen molar-refractivity contribution in [3.8, 4) is 0 Å². The molecule has 0 bridgehead atoms. The summed E-state index contributed by atoms with van der Waals surface area (Å²) >= 11 is 0. The summed E-state index contributed by atoms with van der Waals surface area (Å²) < 4.78 is 7.26. The number of fused-ring (bicyclic) bond motifs is 1. The van der Waals surface area contributed by atoms with E-state index in [-0.39, 0.29) is 0 Å². The van der Waals surface area contributed by atoms with Gasteiger partial charge < -0.3 is 14.6 Å². The van der Waals surface area contributed by atoms with Crippen molar-refractivity contribution in [1.82, 2.24) is 20.1 Å². The van der Waals surface area contributed by atoms with E-state index < -0.39 is 0 Å². The number of methoxy groups -OCH3 is 1. The summed E-state index contributed by atoms with van der Waals surface area (Å²) in [5.41, 5.74) is 0. The highest BCUT2D eigenvalue weighted by molar-refractivity contribution is 4.97. The van der Waals surface area contributed by atoms with Gasteiger partial charge in [0.05, 0.1) is 13.2 Å². The van der Waals surface area contributed by atoms with Crippen LogP contribution in [0, 0.1) is 0 Å². The zero-order valence-corrected chi connectivity index (χ0v) is 9.91. The van der Waals surface area contributed by atoms with Gasteiger partial charge in [-0.15, -0.1) is 10.2 Å². The van der Waals surface area contributed by atoms with Gasteiger partial charge >= 0.3 is 0 Å². The van der Waals surface area contributed by atoms with Crippen LogP contribution in [-0.2, 0) is 24.2 Å². The summed E-state index contributed by atoms with van der Waals surface area (Å²) in [4.78, 5) is 0. The van der Waals surface area contributed by atoms with Crippen LogP contribution >= 0.6 is 0 Å². The molecule has 0 atom stereocenters. The third-order valence-corrected chi connectivity index (χ3v) is 2.95. The lowest BCUT2D eigenvalue weighted by molar-refractivity contribution is 0.198. The molecule has 0 amide bonds. The smallest absolute Gasteiger partial charge is 0.147 e. The van der Waals surface area contributed by atoms with Crippen LogP contribution in [0.5, 0.6) is 0 Å². The fourth-order valence-electron chi connectivity index (χ4n) is 2.05. The second-order valence-electron chi connectivity index (χ2n) is 4.16. The summed E-state index contributed by atoms with van der Waals surface area (Å²) in [6.07, 6.45) is 4.87. The topological polar surface area (TPSA) is 52.0 Å². The van der Waals surface area contributed by atoms with Crippen molar-refractivity contribution in [1.29, 1.82) is 0 Å². The number of ether oxygens (including phenoxy) is 1. The molecule has 1 aromatic rings. The molecule has 16 heavy (non-hydrogen) atoms. The molecule has 1 aliphatic heterocycles. The number of hydrogen-bond donors (Lipinski definition) is 1. The van der Waals surface area contributed by atoms with Gasteiger partial charge in [0.1, 0.15) is 11.6 Å². The van der Waals surface area contributed by atoms with Crippen LogP contribution in [0.3, 0.4) is 0 Å². The molecule has 0 saturated carbocycles. The fourth-order valence-corrected chi connectivity index (χ4v) is 2.05. The largest absolute Gasteiger partial charge is 0.383 e. The van der Waals surface area contributed by atoms with E-state index in [1.807, 2.05) is 0 Å². The Bertz CT molecular complexity index is 324. The van der Waals surface area contributed by atoms with Crippen LogP contribution in [0.25, 0.3) is 0 Å². The van der Waals surface area contributed by atoms with Gasteiger partial charge in [0.15, 0.2) is 0 Å². The predicted molar refractivity (Wildman–Crippen MR) is 61.2 cm³/mol. The first kappa shape index (κ1) is 11.5. The number of aromatic nitrogens is 3. The Hall–Kier alpha value is -0.940. The summed E-state index contributed by atoms with van der Waals surface area (Å²) in [5.74, 6) is 2.22. The first-order valence-electron chi connectivity index (χ1n) is 6.02. The third-order valence-electron chi connectivity index (χ3n) is 2.95. The first-order valence-corrected chi connectivity index (χ1v) is 6.02. The number of nitrogens with one attached hydrogen (secondary N) is 1. The normalized spacial score (nSPS) is 15.8. The summed E-state index contributed by atoms with van der Waals surface area (Å²) in [6, 6.07) is 0. The lowest BCUT2D eigenvalue weighted by atomic mass is 10.2. The zero-order valence-electron chi connectivity index (χ0n) is 9.91. The van der Waals surface area contributed by atoms with Crippen molar-refractivity contribution in [2.24, 2.45) is 0 Å². The Balaban J connectivity index is 1.91. The molecule has 0 fully saturated rings. The van der Waals surface area contributed by atoms with Crippen molar-refractivity contribution in [3.63, 3.8) is 0 Å². The quantitative estimate of drug-likeness (QED) is 0.750. The van der Waals surface area contributed by atoms with E-state index in [0.29, 0.717) is 0 Å². The van der Waals surface area contributed by atoms with Gasteiger partial charge in [-0.3, -0.25) is 0 Å². The van der Waals surface area contributed by atoms with Gasteiger partial charge in [-0.1, -0.05) is 6.42 Å². The highest BCUT2D eigenvalue weighted by atomic mass is 16.5. The monoisotopic (exact) mass is 224 g/mol. The second-order valence-corrected chi connectivity index (χ2v) is 4.16. The highest BCUT2D eigenvalue weighted by Gasteiger charge is 2.13. The molecule has 5 heteroatoms. The molecule has 0 aromatic carbocycles. The number of aryl methyl sites for hydroxylation is 1. The molecule has 2 heterocycles. The molecule has 0 radical (unpaired) electrons. The minimum atomic E-state index is 0.737. The summed E-state index contributed by atoms with van der Waals surface area (Å²) in [5, 5.41) is 11.8. The molecule has 0 spiro atoms. The van der Waals surface area contributed by atoms with Gasteiger partial charge in [0.25, 0.3) is 0 Å². The maximum absolute atomic E-state index is 4.99. The number of hydrogen-bond acceptors (Lipinski definition) is 4. The second kappa shape index (κ2) is 5.96. The SMILES string of the molecule is COCCNCc1nnc2n1CCCCC2. The maximum atomic E-state index is 4.99. The van der Waals surface area contributed by atoms with Crippen LogP contribution in [0.4, 0.5) is 0 Å². The molecule has 0 unspecified atom stereocenters. The van der Waals surface area contributed by atoms with E-state index in [9.17, 15) is 0 Å². The average Bonchev–Trinajstić information content (AvgIpc) is 2.54. The van der Waals surface area contributed by atoms with E-state index in [4.69, 9.17) is 4.74 Å². The van der Waals surface area contributed by atoms with E-state index in [0.717, 1.165) is 44.3 Å². The van der Waals surface area contributed by atoms with Crippen LogP contribution in [0.1, 0.15) is 30.9 Å². The average molecular weight is 224 g/mol. The van der Waals surface area contributed by atoms with Crippen molar-refractivity contribution in [3.05, 3.63) is 11.6 Å². The van der Waals surface area contributed by atoms with Crippen LogP contribution in [0.2, 0.25) is 0 Å². The molecule has 2 rings (SSSR count). The van der Waals surface area contributed by atoms with Crippen molar-refractivity contribution in [2.75, 3.05) is 20.3 Å². The molecule has 1 aromatic heterocycles. The highest BCUT2D eigenvalue weighted by Crippen LogP contribution is 2.14. The molecule has 0 aliphatic carbocycles. The molecule has 90 valence electrons. The molecule has 5 nitrogen and oxygen atoms in total. The zero-order chi connectivity index (χ0) is 11.2. The maximum Gasteiger partial charge on any atom is 0.147 e. The fraction of sp³-hybridized carbons (Fsp3) is 0.818. The Morgan fingerprint density at radius 3 is 3.12 bits per heavy atom. The van der Waals surface area contributed by atoms with Crippen molar-refractivity contribution >= 4 is 0 Å². The first-order chi connectivity index (χ1) is 7.92. The summed E-state index contributed by atoms with van der Waals surface area (Å²) in [7, 11) is 1.71. The third kappa shape index (κ3) is 2.80. The minimum Gasteiger partial charge on any atom is -0.383 e. The minimum absolute atomic E-state index is 0.737. The van der Waals surface area contributed by atoms with Gasteiger partial charge in [0, 0.05) is 26.6 Å². The lowest BCUT2D eigenvalue weighted by Crippen LogP contribution is -2.21. The van der Waals surface area contributed by atoms with Crippen LogP contribution < -0.4 is 5.32 Å². The Kier molecular flexibility index (Phi) is 4.30. The van der Waals surface area contributed by atoms with Gasteiger partial charge in [0.2, 0.25) is 0 Å². The van der Waals surface area contributed by atoms with E-state index in [1.165, 1.54) is 19.3 Å². The molecular formula is C11H20N4O. The van der Waals surface area contributed by atoms with Gasteiger partial charge in [-0.2, -0.15) is 0 Å². The van der Waals surface area contributed by atoms with E-state index in [1.54, 1.807) is 7.11 Å². The Morgan fingerprint density at radius 1 is 1.31 bits per heavy atom. The lowest BCUT2D eigenvalue weighted by Gasteiger charge is -2.07. The van der Waals surface area contributed by atoms with E-state index in [2.05, 4.69) is 20.1 Å². The van der Waals surface area contributed by atoms with Crippen LogP contribution in [0.15, 0.2) is 0 Å². The Morgan fingerprint density at radius 2 is 2.25 bits per heavy atom. The van der Waals surface area contributed by atoms with E-state index >= 15 is 0 Å². The molecular weight excluding hydrogens is 204 g/mol. The van der Waals surface area contributed by atoms with Crippen LogP contribution in [-0.4, -0.2) is 35.0 Å².